The predicted molar refractivity (Wildman–Crippen MR) is 119 cm³/mol. The molecule has 4 aromatic rings. The molecule has 31 heavy (non-hydrogen) atoms. The summed E-state index contributed by atoms with van der Waals surface area (Å²) in [4.78, 5) is 16.1. The van der Waals surface area contributed by atoms with Gasteiger partial charge in [0.2, 0.25) is 5.88 Å². The highest BCUT2D eigenvalue weighted by molar-refractivity contribution is 7.07. The second-order valence-electron chi connectivity index (χ2n) is 7.12. The van der Waals surface area contributed by atoms with Crippen LogP contribution in [-0.4, -0.2) is 21.3 Å². The topological polar surface area (TPSA) is 64.3 Å². The van der Waals surface area contributed by atoms with Gasteiger partial charge in [0, 0.05) is 12.4 Å². The van der Waals surface area contributed by atoms with E-state index in [0.717, 1.165) is 34.4 Å². The number of hydrogen-bond acceptors (Lipinski definition) is 5. The fraction of sp³-hybridized carbons (Fsp3) is 0.167. The van der Waals surface area contributed by atoms with E-state index in [-0.39, 0.29) is 29.2 Å². The Morgan fingerprint density at radius 3 is 2.26 bits per heavy atom. The summed E-state index contributed by atoms with van der Waals surface area (Å²) in [6.45, 7) is 0.241. The van der Waals surface area contributed by atoms with E-state index in [0.29, 0.717) is 12.2 Å². The van der Waals surface area contributed by atoms with Crippen molar-refractivity contribution in [2.45, 2.75) is 18.9 Å². The molecular weight excluding hydrogens is 415 g/mol. The first kappa shape index (κ1) is 20.8. The van der Waals surface area contributed by atoms with Gasteiger partial charge >= 0.3 is 4.87 Å². The highest BCUT2D eigenvalue weighted by atomic mass is 32.1. The van der Waals surface area contributed by atoms with Gasteiger partial charge in [0.05, 0.1) is 11.4 Å². The molecule has 1 atom stereocenters. The quantitative estimate of drug-likeness (QED) is 0.419. The summed E-state index contributed by atoms with van der Waals surface area (Å²) in [7, 11) is 0. The first-order valence-corrected chi connectivity index (χ1v) is 10.7. The SMILES string of the molecule is O=c1scc(O)n1C(CCc1ccncc1)COc1ccc(-c2ccc(F)cc2)cc1. The first-order valence-electron chi connectivity index (χ1n) is 9.87. The van der Waals surface area contributed by atoms with Crippen molar-refractivity contribution in [3.63, 3.8) is 0 Å². The summed E-state index contributed by atoms with van der Waals surface area (Å²) in [6.07, 6.45) is 4.82. The minimum atomic E-state index is -0.316. The summed E-state index contributed by atoms with van der Waals surface area (Å²) in [5.74, 6) is 0.334. The Hall–Kier alpha value is -3.45. The molecule has 0 aliphatic heterocycles. The lowest BCUT2D eigenvalue weighted by Gasteiger charge is -2.19. The zero-order valence-electron chi connectivity index (χ0n) is 16.6. The average molecular weight is 437 g/mol. The molecule has 0 amide bonds. The third-order valence-electron chi connectivity index (χ3n) is 5.06. The van der Waals surface area contributed by atoms with Crippen LogP contribution in [0, 0.1) is 5.82 Å². The summed E-state index contributed by atoms with van der Waals surface area (Å²) in [5, 5.41) is 11.6. The number of aryl methyl sites for hydroxylation is 1. The standard InChI is InChI=1S/C24H21FN2O3S/c25-20-6-2-18(3-7-20)19-4-9-22(10-5-19)30-15-21(27-23(28)16-31-24(27)29)8-1-17-11-13-26-14-12-17/h2-7,9-14,16,21,28H,1,8,15H2. The van der Waals surface area contributed by atoms with Crippen molar-refractivity contribution in [1.29, 1.82) is 0 Å². The van der Waals surface area contributed by atoms with E-state index in [4.69, 9.17) is 4.74 Å². The summed E-state index contributed by atoms with van der Waals surface area (Å²) >= 11 is 0.968. The van der Waals surface area contributed by atoms with Crippen LogP contribution in [0.3, 0.4) is 0 Å². The maximum absolute atomic E-state index is 13.1. The highest BCUT2D eigenvalue weighted by Crippen LogP contribution is 2.25. The zero-order chi connectivity index (χ0) is 21.6. The third-order valence-corrected chi connectivity index (χ3v) is 5.79. The number of thiazole rings is 1. The van der Waals surface area contributed by atoms with Gasteiger partial charge in [-0.3, -0.25) is 14.3 Å². The van der Waals surface area contributed by atoms with Crippen LogP contribution in [0.5, 0.6) is 11.6 Å². The van der Waals surface area contributed by atoms with E-state index >= 15 is 0 Å². The average Bonchev–Trinajstić information content (AvgIpc) is 3.13. The van der Waals surface area contributed by atoms with Crippen molar-refractivity contribution < 1.29 is 14.2 Å². The van der Waals surface area contributed by atoms with Crippen LogP contribution in [-0.2, 0) is 6.42 Å². The molecule has 0 spiro atoms. The molecule has 0 saturated carbocycles. The fourth-order valence-corrected chi connectivity index (χ4v) is 4.07. The van der Waals surface area contributed by atoms with E-state index in [1.165, 1.54) is 22.1 Å². The molecule has 2 aromatic heterocycles. The normalized spacial score (nSPS) is 11.9. The molecule has 0 fully saturated rings. The molecule has 2 heterocycles. The van der Waals surface area contributed by atoms with Gasteiger partial charge in [-0.15, -0.1) is 0 Å². The van der Waals surface area contributed by atoms with Gasteiger partial charge in [0.15, 0.2) is 0 Å². The number of pyridine rings is 1. The van der Waals surface area contributed by atoms with Gasteiger partial charge in [-0.2, -0.15) is 0 Å². The Bertz CT molecular complexity index is 1170. The van der Waals surface area contributed by atoms with Gasteiger partial charge in [-0.25, -0.2) is 4.39 Å². The van der Waals surface area contributed by atoms with E-state index in [1.807, 2.05) is 36.4 Å². The molecule has 5 nitrogen and oxygen atoms in total. The molecule has 2 aromatic carbocycles. The Balaban J connectivity index is 1.46. The Labute approximate surface area is 183 Å². The second-order valence-corrected chi connectivity index (χ2v) is 7.94. The Kier molecular flexibility index (Phi) is 6.43. The van der Waals surface area contributed by atoms with Crippen LogP contribution in [0.15, 0.2) is 83.2 Å². The van der Waals surface area contributed by atoms with Crippen molar-refractivity contribution in [2.75, 3.05) is 6.61 Å². The van der Waals surface area contributed by atoms with Gasteiger partial charge < -0.3 is 9.84 Å². The largest absolute Gasteiger partial charge is 0.494 e. The second kappa shape index (κ2) is 9.57. The molecule has 4 rings (SSSR count). The molecule has 0 aliphatic rings. The molecule has 0 radical (unpaired) electrons. The van der Waals surface area contributed by atoms with Gasteiger partial charge in [0.25, 0.3) is 0 Å². The van der Waals surface area contributed by atoms with Crippen molar-refractivity contribution >= 4 is 11.3 Å². The maximum atomic E-state index is 13.1. The minimum absolute atomic E-state index is 0.0509. The third kappa shape index (κ3) is 5.19. The highest BCUT2D eigenvalue weighted by Gasteiger charge is 2.18. The van der Waals surface area contributed by atoms with Crippen LogP contribution in [0.1, 0.15) is 18.0 Å². The number of hydrogen-bond donors (Lipinski definition) is 1. The number of aromatic hydroxyl groups is 1. The number of aromatic nitrogens is 2. The molecule has 158 valence electrons. The van der Waals surface area contributed by atoms with E-state index in [2.05, 4.69) is 4.98 Å². The molecule has 1 N–H and O–H groups in total. The van der Waals surface area contributed by atoms with Crippen molar-refractivity contribution in [3.05, 3.63) is 99.5 Å². The van der Waals surface area contributed by atoms with Crippen LogP contribution >= 0.6 is 11.3 Å². The summed E-state index contributed by atoms with van der Waals surface area (Å²) in [5.41, 5.74) is 2.97. The van der Waals surface area contributed by atoms with Gasteiger partial charge in [-0.1, -0.05) is 35.6 Å². The Morgan fingerprint density at radius 2 is 1.65 bits per heavy atom. The lowest BCUT2D eigenvalue weighted by Crippen LogP contribution is -2.25. The molecular formula is C24H21FN2O3S. The number of halogens is 1. The maximum Gasteiger partial charge on any atom is 0.310 e. The van der Waals surface area contributed by atoms with Crippen LogP contribution in [0.25, 0.3) is 11.1 Å². The number of benzene rings is 2. The molecule has 7 heteroatoms. The van der Waals surface area contributed by atoms with Crippen molar-refractivity contribution in [3.8, 4) is 22.8 Å². The predicted octanol–water partition coefficient (Wildman–Crippen LogP) is 5.07. The van der Waals surface area contributed by atoms with Crippen LogP contribution < -0.4 is 9.61 Å². The van der Waals surface area contributed by atoms with Crippen LogP contribution in [0.2, 0.25) is 0 Å². The minimum Gasteiger partial charge on any atom is -0.494 e. The number of nitrogens with zero attached hydrogens (tertiary/aromatic N) is 2. The van der Waals surface area contributed by atoms with Gasteiger partial charge in [0.1, 0.15) is 18.2 Å². The molecule has 0 saturated heterocycles. The molecule has 1 unspecified atom stereocenters. The number of ether oxygens (including phenoxy) is 1. The number of rotatable bonds is 8. The van der Waals surface area contributed by atoms with Crippen molar-refractivity contribution in [1.82, 2.24) is 9.55 Å². The lowest BCUT2D eigenvalue weighted by atomic mass is 10.1. The molecule has 0 bridgehead atoms. The fourth-order valence-electron chi connectivity index (χ4n) is 3.39. The Morgan fingerprint density at radius 1 is 1.00 bits per heavy atom. The smallest absolute Gasteiger partial charge is 0.310 e. The van der Waals surface area contributed by atoms with Crippen molar-refractivity contribution in [2.24, 2.45) is 0 Å². The van der Waals surface area contributed by atoms with Gasteiger partial charge in [-0.05, 0) is 65.9 Å². The monoisotopic (exact) mass is 436 g/mol. The summed E-state index contributed by atoms with van der Waals surface area (Å²) in [6, 6.07) is 17.4. The summed E-state index contributed by atoms with van der Waals surface area (Å²) < 4.78 is 20.5. The lowest BCUT2D eigenvalue weighted by molar-refractivity contribution is 0.228. The van der Waals surface area contributed by atoms with Crippen LogP contribution in [0.4, 0.5) is 4.39 Å². The van der Waals surface area contributed by atoms with E-state index in [1.54, 1.807) is 24.5 Å². The first-order chi connectivity index (χ1) is 15.1. The molecule has 0 aliphatic carbocycles. The zero-order valence-corrected chi connectivity index (χ0v) is 17.5. The van der Waals surface area contributed by atoms with E-state index in [9.17, 15) is 14.3 Å². The van der Waals surface area contributed by atoms with E-state index < -0.39 is 0 Å².